The lowest BCUT2D eigenvalue weighted by molar-refractivity contribution is -0.284. The van der Waals surface area contributed by atoms with Gasteiger partial charge in [0.1, 0.15) is 5.78 Å². The molecular weight excluding hydrogens is 654 g/mol. The number of rotatable bonds is 18. The van der Waals surface area contributed by atoms with Crippen LogP contribution in [0.25, 0.3) is 0 Å². The summed E-state index contributed by atoms with van der Waals surface area (Å²) in [4.78, 5) is 16.1. The number of hydrogen-bond acceptors (Lipinski definition) is 4. The van der Waals surface area contributed by atoms with Crippen LogP contribution in [-0.2, 0) is 22.6 Å². The molecule has 0 amide bonds. The van der Waals surface area contributed by atoms with Crippen LogP contribution in [0.2, 0.25) is 0 Å². The average molecular weight is 708 g/mol. The van der Waals surface area contributed by atoms with Crippen LogP contribution in [0.3, 0.4) is 0 Å². The molecule has 0 spiro atoms. The van der Waals surface area contributed by atoms with E-state index in [1.165, 1.54) is 29.3 Å². The molecular formula is C40H54F5NO2S. The predicted molar refractivity (Wildman–Crippen MR) is 188 cm³/mol. The third-order valence-corrected chi connectivity index (χ3v) is 12.8. The third-order valence-electron chi connectivity index (χ3n) is 11.7. The van der Waals surface area contributed by atoms with Crippen LogP contribution in [-0.4, -0.2) is 61.0 Å². The van der Waals surface area contributed by atoms with Gasteiger partial charge in [-0.3, -0.25) is 4.79 Å². The molecule has 2 saturated carbocycles. The van der Waals surface area contributed by atoms with Gasteiger partial charge >= 0.3 is 12.1 Å². The Labute approximate surface area is 294 Å². The molecule has 272 valence electrons. The molecule has 0 bridgehead atoms. The van der Waals surface area contributed by atoms with Gasteiger partial charge in [-0.1, -0.05) is 74.4 Å². The molecule has 0 radical (unpaired) electrons. The van der Waals surface area contributed by atoms with Crippen LogP contribution in [0.1, 0.15) is 93.7 Å². The number of thioether (sulfide) groups is 1. The van der Waals surface area contributed by atoms with Crippen molar-refractivity contribution in [3.05, 3.63) is 71.3 Å². The minimum atomic E-state index is -5.46. The van der Waals surface area contributed by atoms with E-state index in [0.29, 0.717) is 60.8 Å². The van der Waals surface area contributed by atoms with Gasteiger partial charge < -0.3 is 9.64 Å². The molecule has 9 heteroatoms. The van der Waals surface area contributed by atoms with Crippen LogP contribution in [0, 0.1) is 29.1 Å². The molecule has 0 aliphatic heterocycles. The number of ether oxygens (including phenoxy) is 1. The van der Waals surface area contributed by atoms with E-state index in [4.69, 9.17) is 4.74 Å². The van der Waals surface area contributed by atoms with E-state index in [1.54, 1.807) is 0 Å². The van der Waals surface area contributed by atoms with Gasteiger partial charge in [-0.05, 0) is 123 Å². The van der Waals surface area contributed by atoms with Crippen molar-refractivity contribution >= 4 is 17.5 Å². The van der Waals surface area contributed by atoms with E-state index >= 15 is 0 Å². The Balaban J connectivity index is 1.10. The molecule has 0 unspecified atom stereocenters. The number of nitrogens with zero attached hydrogens (tertiary/aromatic N) is 1. The van der Waals surface area contributed by atoms with Crippen molar-refractivity contribution < 1.29 is 31.5 Å². The summed E-state index contributed by atoms with van der Waals surface area (Å²) in [6, 6.07) is 19.2. The molecule has 2 fully saturated rings. The highest BCUT2D eigenvalue weighted by atomic mass is 32.2. The molecule has 3 nitrogen and oxygen atoms in total. The summed E-state index contributed by atoms with van der Waals surface area (Å²) in [6.45, 7) is 5.24. The largest absolute Gasteiger partial charge is 0.453 e. The van der Waals surface area contributed by atoms with Crippen molar-refractivity contribution in [2.24, 2.45) is 29.1 Å². The number of carbonyl (C=O) groups excluding carboxylic acids is 1. The van der Waals surface area contributed by atoms with Crippen molar-refractivity contribution in [3.8, 4) is 0 Å². The lowest BCUT2D eigenvalue weighted by atomic mass is 9.50. The zero-order valence-electron chi connectivity index (χ0n) is 29.2. The van der Waals surface area contributed by atoms with E-state index < -0.39 is 18.5 Å². The van der Waals surface area contributed by atoms with Gasteiger partial charge in [-0.15, -0.1) is 0 Å². The maximum absolute atomic E-state index is 13.8. The van der Waals surface area contributed by atoms with E-state index in [2.05, 4.69) is 55.3 Å². The van der Waals surface area contributed by atoms with Gasteiger partial charge in [0.15, 0.2) is 0 Å². The average Bonchev–Trinajstić information content (AvgIpc) is 3.32. The quantitative estimate of drug-likeness (QED) is 0.114. The summed E-state index contributed by atoms with van der Waals surface area (Å²) >= 11 is 1.45. The molecule has 3 aliphatic rings. The number of Topliss-reactive ketones (excluding diaryl/α,β-unsaturated/α-hetero) is 1. The molecule has 0 saturated heterocycles. The van der Waals surface area contributed by atoms with Gasteiger partial charge in [0, 0.05) is 12.8 Å². The first-order chi connectivity index (χ1) is 23.4. The number of ketones is 1. The second kappa shape index (κ2) is 17.0. The molecule has 49 heavy (non-hydrogen) atoms. The first-order valence-electron chi connectivity index (χ1n) is 18.4. The number of hydrogen-bond donors (Lipinski definition) is 0. The van der Waals surface area contributed by atoms with E-state index in [9.17, 15) is 26.7 Å². The molecule has 5 rings (SSSR count). The Kier molecular flexibility index (Phi) is 13.3. The van der Waals surface area contributed by atoms with Crippen molar-refractivity contribution in [1.82, 2.24) is 4.90 Å². The topological polar surface area (TPSA) is 29.5 Å². The zero-order chi connectivity index (χ0) is 35.1. The van der Waals surface area contributed by atoms with E-state index in [1.807, 2.05) is 18.2 Å². The second-order valence-corrected chi connectivity index (χ2v) is 16.3. The number of benzene rings is 2. The summed E-state index contributed by atoms with van der Waals surface area (Å²) in [7, 11) is 2.09. The Bertz CT molecular complexity index is 1340. The Morgan fingerprint density at radius 3 is 2.39 bits per heavy atom. The highest BCUT2D eigenvalue weighted by molar-refractivity contribution is 7.99. The molecule has 2 aromatic rings. The predicted octanol–water partition coefficient (Wildman–Crippen LogP) is 10.4. The minimum Gasteiger partial charge on any atom is -0.376 e. The Hall–Kier alpha value is -1.97. The summed E-state index contributed by atoms with van der Waals surface area (Å²) in [6.07, 6.45) is 2.43. The highest BCUT2D eigenvalue weighted by Gasteiger charge is 2.61. The number of fused-ring (bicyclic) bond motifs is 5. The first kappa shape index (κ1) is 38.3. The zero-order valence-corrected chi connectivity index (χ0v) is 30.0. The smallest absolute Gasteiger partial charge is 0.376 e. The normalized spacial score (nSPS) is 26.9. The van der Waals surface area contributed by atoms with Gasteiger partial charge in [0.05, 0.1) is 18.6 Å². The van der Waals surface area contributed by atoms with Crippen LogP contribution in [0.15, 0.2) is 54.6 Å². The van der Waals surface area contributed by atoms with Crippen LogP contribution in [0.5, 0.6) is 0 Å². The Morgan fingerprint density at radius 1 is 0.898 bits per heavy atom. The molecule has 6 atom stereocenters. The SMILES string of the molecule is C[C@@H]1CC(=O)[C@@]2(COCc3ccccc3)CC[C@@H]3c4ccccc4C[C@@H](CCCCCN(C)CCCSCCCC(F)(F)C(F)(F)F)[C@H]3[C@H]12. The first-order valence-corrected chi connectivity index (χ1v) is 19.5. The Morgan fingerprint density at radius 2 is 1.61 bits per heavy atom. The summed E-state index contributed by atoms with van der Waals surface area (Å²) in [5, 5.41) is 0. The minimum absolute atomic E-state index is 0.139. The van der Waals surface area contributed by atoms with Gasteiger partial charge in [0.2, 0.25) is 0 Å². The van der Waals surface area contributed by atoms with Gasteiger partial charge in [-0.2, -0.15) is 33.7 Å². The lowest BCUT2D eigenvalue weighted by Gasteiger charge is -2.53. The monoisotopic (exact) mass is 707 g/mol. The van der Waals surface area contributed by atoms with E-state index in [-0.39, 0.29) is 11.8 Å². The maximum Gasteiger partial charge on any atom is 0.453 e. The van der Waals surface area contributed by atoms with Gasteiger partial charge in [0.25, 0.3) is 0 Å². The van der Waals surface area contributed by atoms with Crippen LogP contribution < -0.4 is 0 Å². The third kappa shape index (κ3) is 9.29. The maximum atomic E-state index is 13.8. The van der Waals surface area contributed by atoms with Crippen molar-refractivity contribution in [2.45, 2.75) is 102 Å². The molecule has 0 aromatic heterocycles. The summed E-state index contributed by atoms with van der Waals surface area (Å²) < 4.78 is 69.4. The lowest BCUT2D eigenvalue weighted by Crippen LogP contribution is -2.51. The fraction of sp³-hybridized carbons (Fsp3) is 0.675. The number of carbonyl (C=O) groups is 1. The molecule has 2 aromatic carbocycles. The van der Waals surface area contributed by atoms with Crippen molar-refractivity contribution in [2.75, 3.05) is 38.2 Å². The van der Waals surface area contributed by atoms with Crippen molar-refractivity contribution in [1.29, 1.82) is 0 Å². The molecule has 3 aliphatic carbocycles. The number of alkyl halides is 5. The standard InChI is InChI=1S/C40H54F5NO2S/c1-29-25-35(47)38(28-48-27-30-13-5-3-6-14-30)20-18-34-33-17-9-8-15-31(33)26-32(36(34)37(29)38)16-7-4-10-21-46(2)22-12-24-49-23-11-19-39(41,42)40(43,44)45/h3,5-6,8-9,13-15,17,29,32,34,36-37H,4,7,10-12,16,18-28H2,1-2H3/t29-,32-,34-,36-,37+,38+/m1/s1. The fourth-order valence-corrected chi connectivity index (χ4v) is 10.3. The van der Waals surface area contributed by atoms with E-state index in [0.717, 1.165) is 69.4 Å². The highest BCUT2D eigenvalue weighted by Crippen LogP contribution is 2.63. The number of unbranched alkanes of at least 4 members (excludes halogenated alkanes) is 2. The summed E-state index contributed by atoms with van der Waals surface area (Å²) in [5.41, 5.74) is 3.76. The second-order valence-electron chi connectivity index (χ2n) is 15.1. The molecule has 0 N–H and O–H groups in total. The van der Waals surface area contributed by atoms with Gasteiger partial charge in [-0.25, -0.2) is 0 Å². The summed E-state index contributed by atoms with van der Waals surface area (Å²) in [5.74, 6) is -0.849. The van der Waals surface area contributed by atoms with Crippen molar-refractivity contribution in [3.63, 3.8) is 0 Å². The number of halogens is 5. The van der Waals surface area contributed by atoms with Crippen LogP contribution in [0.4, 0.5) is 22.0 Å². The van der Waals surface area contributed by atoms with Crippen LogP contribution >= 0.6 is 11.8 Å². The molecule has 0 heterocycles. The fourth-order valence-electron chi connectivity index (χ4n) is 9.37.